The summed E-state index contributed by atoms with van der Waals surface area (Å²) in [5.74, 6) is -1.05. The molecule has 0 aromatic rings. The fourth-order valence-electron chi connectivity index (χ4n) is 2.52. The molecule has 3 amide bonds. The Morgan fingerprint density at radius 2 is 2.00 bits per heavy atom. The zero-order chi connectivity index (χ0) is 12.2. The van der Waals surface area contributed by atoms with Crippen molar-refractivity contribution in [3.8, 4) is 0 Å². The van der Waals surface area contributed by atoms with Crippen molar-refractivity contribution in [1.82, 2.24) is 10.6 Å². The third-order valence-corrected chi connectivity index (χ3v) is 3.13. The lowest BCUT2D eigenvalue weighted by Crippen LogP contribution is -2.47. The Morgan fingerprint density at radius 1 is 1.24 bits per heavy atom. The second kappa shape index (κ2) is 3.41. The van der Waals surface area contributed by atoms with Crippen LogP contribution < -0.4 is 10.6 Å². The van der Waals surface area contributed by atoms with Crippen LogP contribution in [0.1, 0.15) is 13.8 Å². The highest BCUT2D eigenvalue weighted by Gasteiger charge is 2.55. The minimum atomic E-state index is -0.699. The highest BCUT2D eigenvalue weighted by Crippen LogP contribution is 2.36. The number of urea groups is 1. The lowest BCUT2D eigenvalue weighted by Gasteiger charge is -2.23. The summed E-state index contributed by atoms with van der Waals surface area (Å²) in [4.78, 5) is 22.6. The highest BCUT2D eigenvalue weighted by atomic mass is 16.8. The molecule has 3 fully saturated rings. The van der Waals surface area contributed by atoms with Gasteiger partial charge in [-0.1, -0.05) is 0 Å². The van der Waals surface area contributed by atoms with Gasteiger partial charge < -0.3 is 19.5 Å². The molecule has 0 aromatic carbocycles. The van der Waals surface area contributed by atoms with Crippen molar-refractivity contribution in [2.24, 2.45) is 0 Å². The molecule has 0 bridgehead atoms. The maximum Gasteiger partial charge on any atom is 0.322 e. The van der Waals surface area contributed by atoms with Gasteiger partial charge in [-0.25, -0.2) is 4.79 Å². The third-order valence-electron chi connectivity index (χ3n) is 3.13. The van der Waals surface area contributed by atoms with Crippen molar-refractivity contribution in [2.45, 2.75) is 44.0 Å². The summed E-state index contributed by atoms with van der Waals surface area (Å²) in [5, 5.41) is 4.70. The number of hydrogen-bond donors (Lipinski definition) is 2. The molecule has 0 spiro atoms. The summed E-state index contributed by atoms with van der Waals surface area (Å²) >= 11 is 0. The van der Waals surface area contributed by atoms with Gasteiger partial charge in [0.05, 0.1) is 6.61 Å². The molecule has 1 unspecified atom stereocenters. The van der Waals surface area contributed by atoms with Crippen LogP contribution in [-0.4, -0.2) is 48.7 Å². The van der Waals surface area contributed by atoms with Crippen LogP contribution in [0.5, 0.6) is 0 Å². The Balaban J connectivity index is 1.77. The van der Waals surface area contributed by atoms with Crippen LogP contribution in [0.2, 0.25) is 0 Å². The summed E-state index contributed by atoms with van der Waals surface area (Å²) < 4.78 is 16.8. The van der Waals surface area contributed by atoms with E-state index in [0.717, 1.165) is 0 Å². The molecule has 17 heavy (non-hydrogen) atoms. The van der Waals surface area contributed by atoms with Gasteiger partial charge in [-0.3, -0.25) is 10.1 Å². The fraction of sp³-hybridized carbons (Fsp3) is 0.800. The molecule has 7 heteroatoms. The summed E-state index contributed by atoms with van der Waals surface area (Å²) in [6.07, 6.45) is -0.993. The predicted molar refractivity (Wildman–Crippen MR) is 54.0 cm³/mol. The first-order valence-electron chi connectivity index (χ1n) is 5.55. The zero-order valence-electron chi connectivity index (χ0n) is 9.56. The minimum absolute atomic E-state index is 0.180. The van der Waals surface area contributed by atoms with Crippen LogP contribution in [0.4, 0.5) is 4.79 Å². The van der Waals surface area contributed by atoms with Crippen molar-refractivity contribution in [2.75, 3.05) is 6.61 Å². The van der Waals surface area contributed by atoms with Crippen molar-refractivity contribution in [3.05, 3.63) is 0 Å². The van der Waals surface area contributed by atoms with Gasteiger partial charge in [0.25, 0.3) is 5.91 Å². The van der Waals surface area contributed by atoms with Gasteiger partial charge in [0.1, 0.15) is 24.4 Å². The monoisotopic (exact) mass is 242 g/mol. The van der Waals surface area contributed by atoms with Crippen molar-refractivity contribution >= 4 is 11.9 Å². The van der Waals surface area contributed by atoms with E-state index in [1.54, 1.807) is 0 Å². The summed E-state index contributed by atoms with van der Waals surface area (Å²) in [5.41, 5.74) is 0. The number of rotatable bonds is 1. The van der Waals surface area contributed by atoms with Gasteiger partial charge >= 0.3 is 6.03 Å². The molecular formula is C10H14N2O5. The molecule has 0 saturated carbocycles. The molecule has 3 heterocycles. The Kier molecular flexibility index (Phi) is 2.19. The molecule has 4 atom stereocenters. The van der Waals surface area contributed by atoms with Gasteiger partial charge in [-0.15, -0.1) is 0 Å². The third kappa shape index (κ3) is 1.70. The number of fused-ring (bicyclic) bond motifs is 1. The summed E-state index contributed by atoms with van der Waals surface area (Å²) in [6.45, 7) is 4.00. The number of imide groups is 1. The lowest BCUT2D eigenvalue weighted by atomic mass is 10.0. The summed E-state index contributed by atoms with van der Waals surface area (Å²) in [6, 6.07) is -1.19. The van der Waals surface area contributed by atoms with E-state index < -0.39 is 24.0 Å². The topological polar surface area (TPSA) is 85.9 Å². The number of nitrogens with one attached hydrogen (secondary N) is 2. The SMILES string of the molecule is CC1(C)O[C@@H]2[C@@H](CO[C@H]2C2NC(=O)NC2=O)O1. The number of ether oxygens (including phenoxy) is 3. The molecule has 3 saturated heterocycles. The average molecular weight is 242 g/mol. The highest BCUT2D eigenvalue weighted by molar-refractivity contribution is 6.04. The molecule has 0 radical (unpaired) electrons. The maximum absolute atomic E-state index is 11.6. The smallest absolute Gasteiger partial charge is 0.322 e. The molecule has 0 aliphatic carbocycles. The van der Waals surface area contributed by atoms with Gasteiger partial charge in [0.2, 0.25) is 0 Å². The summed E-state index contributed by atoms with van der Waals surface area (Å²) in [7, 11) is 0. The molecule has 0 aromatic heterocycles. The molecule has 2 N–H and O–H groups in total. The van der Waals surface area contributed by atoms with Crippen LogP contribution in [0.15, 0.2) is 0 Å². The van der Waals surface area contributed by atoms with E-state index in [9.17, 15) is 9.59 Å². The Hall–Kier alpha value is -1.18. The van der Waals surface area contributed by atoms with Gasteiger partial charge in [0.15, 0.2) is 5.79 Å². The van der Waals surface area contributed by atoms with E-state index in [4.69, 9.17) is 14.2 Å². The van der Waals surface area contributed by atoms with Crippen LogP contribution in [0.3, 0.4) is 0 Å². The largest absolute Gasteiger partial charge is 0.370 e. The van der Waals surface area contributed by atoms with E-state index in [-0.39, 0.29) is 18.1 Å². The minimum Gasteiger partial charge on any atom is -0.370 e. The van der Waals surface area contributed by atoms with E-state index in [2.05, 4.69) is 10.6 Å². The molecule has 94 valence electrons. The fourth-order valence-corrected chi connectivity index (χ4v) is 2.52. The molecule has 3 aliphatic heterocycles. The lowest BCUT2D eigenvalue weighted by molar-refractivity contribution is -0.177. The van der Waals surface area contributed by atoms with E-state index >= 15 is 0 Å². The number of carbonyl (C=O) groups is 2. The first-order chi connectivity index (χ1) is 7.96. The predicted octanol–water partition coefficient (Wildman–Crippen LogP) is -0.887. The van der Waals surface area contributed by atoms with E-state index in [0.29, 0.717) is 6.61 Å². The number of amides is 3. The molecule has 3 aliphatic rings. The van der Waals surface area contributed by atoms with E-state index in [1.165, 1.54) is 0 Å². The molecular weight excluding hydrogens is 228 g/mol. The second-order valence-corrected chi connectivity index (χ2v) is 4.88. The maximum atomic E-state index is 11.6. The zero-order valence-corrected chi connectivity index (χ0v) is 9.56. The van der Waals surface area contributed by atoms with E-state index in [1.807, 2.05) is 13.8 Å². The van der Waals surface area contributed by atoms with Crippen molar-refractivity contribution in [1.29, 1.82) is 0 Å². The van der Waals surface area contributed by atoms with Gasteiger partial charge in [0, 0.05) is 0 Å². The number of carbonyl (C=O) groups excluding carboxylic acids is 2. The Bertz CT molecular complexity index is 383. The van der Waals surface area contributed by atoms with Crippen LogP contribution in [0.25, 0.3) is 0 Å². The number of hydrogen-bond acceptors (Lipinski definition) is 5. The first-order valence-corrected chi connectivity index (χ1v) is 5.55. The standard InChI is InChI=1S/C10H14N2O5/c1-10(2)16-4-3-15-7(6(4)17-10)5-8(13)12-9(14)11-5/h4-7H,3H2,1-2H3,(H2,11,12,13,14)/t4-,5?,6-,7+/m1/s1. The van der Waals surface area contributed by atoms with Crippen molar-refractivity contribution < 1.29 is 23.8 Å². The van der Waals surface area contributed by atoms with Gasteiger partial charge in [-0.05, 0) is 13.8 Å². The van der Waals surface area contributed by atoms with Crippen LogP contribution in [-0.2, 0) is 19.0 Å². The normalized spacial score (nSPS) is 43.4. The second-order valence-electron chi connectivity index (χ2n) is 4.88. The Morgan fingerprint density at radius 3 is 2.65 bits per heavy atom. The van der Waals surface area contributed by atoms with Crippen LogP contribution >= 0.6 is 0 Å². The first kappa shape index (κ1) is 10.9. The van der Waals surface area contributed by atoms with Gasteiger partial charge in [-0.2, -0.15) is 0 Å². The molecule has 7 nitrogen and oxygen atoms in total. The quantitative estimate of drug-likeness (QED) is 0.583. The van der Waals surface area contributed by atoms with Crippen LogP contribution in [0, 0.1) is 0 Å². The Labute approximate surface area is 97.8 Å². The molecule has 3 rings (SSSR count). The van der Waals surface area contributed by atoms with Crippen molar-refractivity contribution in [3.63, 3.8) is 0 Å². The average Bonchev–Trinajstić information content (AvgIpc) is 2.78.